The van der Waals surface area contributed by atoms with Crippen molar-refractivity contribution in [1.29, 1.82) is 0 Å². The predicted molar refractivity (Wildman–Crippen MR) is 71.4 cm³/mol. The van der Waals surface area contributed by atoms with Crippen molar-refractivity contribution in [2.24, 2.45) is 0 Å². The minimum Gasteiger partial charge on any atom is -0.307 e. The molecule has 1 aliphatic carbocycles. The minimum atomic E-state index is 0.416. The zero-order valence-electron chi connectivity index (χ0n) is 11.1. The van der Waals surface area contributed by atoms with Crippen LogP contribution in [0.1, 0.15) is 81.4 Å². The van der Waals surface area contributed by atoms with Gasteiger partial charge in [-0.25, -0.2) is 4.98 Å². The van der Waals surface area contributed by atoms with Crippen LogP contribution in [0.3, 0.4) is 0 Å². The van der Waals surface area contributed by atoms with Gasteiger partial charge >= 0.3 is 0 Å². The molecule has 3 rings (SSSR count). The van der Waals surface area contributed by atoms with Crippen LogP contribution in [-0.2, 0) is 0 Å². The van der Waals surface area contributed by atoms with E-state index in [1.165, 1.54) is 57.8 Å². The third-order valence-corrected chi connectivity index (χ3v) is 4.38. The lowest BCUT2D eigenvalue weighted by Gasteiger charge is -2.16. The number of H-pyrrole nitrogens is 1. The fraction of sp³-hybridized carbons (Fsp3) is 0.857. The summed E-state index contributed by atoms with van der Waals surface area (Å²) in [6.07, 6.45) is 11.9. The molecule has 0 radical (unpaired) electrons. The van der Waals surface area contributed by atoms with Crippen LogP contribution in [0.5, 0.6) is 0 Å². The largest absolute Gasteiger partial charge is 0.307 e. The van der Waals surface area contributed by atoms with Crippen molar-refractivity contribution in [3.8, 4) is 0 Å². The van der Waals surface area contributed by atoms with Crippen molar-refractivity contribution in [3.05, 3.63) is 11.6 Å². The Labute approximate surface area is 109 Å². The van der Waals surface area contributed by atoms with Crippen LogP contribution in [0.25, 0.3) is 0 Å². The number of aromatic amines is 1. The number of nitrogens with one attached hydrogen (secondary N) is 2. The summed E-state index contributed by atoms with van der Waals surface area (Å²) in [5, 5.41) is 11.1. The highest BCUT2D eigenvalue weighted by Gasteiger charge is 2.23. The molecule has 2 heterocycles. The van der Waals surface area contributed by atoms with Gasteiger partial charge in [-0.2, -0.15) is 5.10 Å². The fourth-order valence-corrected chi connectivity index (χ4v) is 3.26. The van der Waals surface area contributed by atoms with E-state index < -0.39 is 0 Å². The molecule has 2 aliphatic rings. The normalized spacial score (nSPS) is 27.0. The Morgan fingerprint density at radius 1 is 0.889 bits per heavy atom. The third-order valence-electron chi connectivity index (χ3n) is 4.38. The van der Waals surface area contributed by atoms with Crippen LogP contribution >= 0.6 is 0 Å². The van der Waals surface area contributed by atoms with E-state index in [2.05, 4.69) is 15.5 Å². The van der Waals surface area contributed by atoms with Crippen molar-refractivity contribution >= 4 is 0 Å². The lowest BCUT2D eigenvalue weighted by molar-refractivity contribution is 0.443. The quantitative estimate of drug-likeness (QED) is 0.845. The third kappa shape index (κ3) is 2.74. The molecule has 1 saturated carbocycles. The van der Waals surface area contributed by atoms with Gasteiger partial charge < -0.3 is 5.32 Å². The summed E-state index contributed by atoms with van der Waals surface area (Å²) >= 11 is 0. The van der Waals surface area contributed by atoms with E-state index in [9.17, 15) is 0 Å². The van der Waals surface area contributed by atoms with E-state index in [0.717, 1.165) is 18.2 Å². The zero-order valence-corrected chi connectivity index (χ0v) is 11.1. The highest BCUT2D eigenvalue weighted by Crippen LogP contribution is 2.29. The molecule has 1 aliphatic heterocycles. The Morgan fingerprint density at radius 3 is 2.39 bits per heavy atom. The fourth-order valence-electron chi connectivity index (χ4n) is 3.26. The van der Waals surface area contributed by atoms with Gasteiger partial charge in [0.05, 0.1) is 6.04 Å². The smallest absolute Gasteiger partial charge is 0.153 e. The van der Waals surface area contributed by atoms with Gasteiger partial charge in [0.25, 0.3) is 0 Å². The van der Waals surface area contributed by atoms with Crippen LogP contribution in [0.2, 0.25) is 0 Å². The molecule has 1 unspecified atom stereocenters. The summed E-state index contributed by atoms with van der Waals surface area (Å²) in [5.74, 6) is 2.72. The summed E-state index contributed by atoms with van der Waals surface area (Å²) in [4.78, 5) is 4.76. The molecule has 0 bridgehead atoms. The first-order valence-electron chi connectivity index (χ1n) is 7.59. The maximum Gasteiger partial charge on any atom is 0.153 e. The lowest BCUT2D eigenvalue weighted by atomic mass is 9.91. The summed E-state index contributed by atoms with van der Waals surface area (Å²) in [6.45, 7) is 1.12. The molecule has 1 saturated heterocycles. The highest BCUT2D eigenvalue weighted by atomic mass is 15.2. The minimum absolute atomic E-state index is 0.416. The second-order valence-corrected chi connectivity index (χ2v) is 5.77. The first-order valence-corrected chi connectivity index (χ1v) is 7.59. The molecule has 2 fully saturated rings. The molecule has 0 amide bonds. The summed E-state index contributed by atoms with van der Waals surface area (Å²) in [5.41, 5.74) is 0. The lowest BCUT2D eigenvalue weighted by Crippen LogP contribution is -2.14. The van der Waals surface area contributed by atoms with Gasteiger partial charge in [-0.3, -0.25) is 5.10 Å². The van der Waals surface area contributed by atoms with Crippen LogP contribution in [0.4, 0.5) is 0 Å². The molecule has 4 heteroatoms. The predicted octanol–water partition coefficient (Wildman–Crippen LogP) is 3.06. The highest BCUT2D eigenvalue weighted by molar-refractivity contribution is 5.03. The average Bonchev–Trinajstić information content (AvgIpc) is 2.98. The van der Waals surface area contributed by atoms with Crippen LogP contribution < -0.4 is 5.32 Å². The molecule has 4 nitrogen and oxygen atoms in total. The van der Waals surface area contributed by atoms with E-state index in [1.807, 2.05) is 0 Å². The van der Waals surface area contributed by atoms with Crippen molar-refractivity contribution in [2.45, 2.75) is 69.7 Å². The Morgan fingerprint density at radius 2 is 1.67 bits per heavy atom. The SMILES string of the molecule is C1CCCC(c2n[nH]c(C3CCCN3)n2)CCC1. The van der Waals surface area contributed by atoms with Gasteiger partial charge in [0.1, 0.15) is 5.82 Å². The van der Waals surface area contributed by atoms with E-state index in [4.69, 9.17) is 4.98 Å². The topological polar surface area (TPSA) is 53.6 Å². The van der Waals surface area contributed by atoms with Gasteiger partial charge in [-0.15, -0.1) is 0 Å². The molecule has 0 aromatic carbocycles. The van der Waals surface area contributed by atoms with Gasteiger partial charge in [-0.05, 0) is 32.2 Å². The summed E-state index contributed by atoms with van der Waals surface area (Å²) in [6, 6.07) is 0.416. The van der Waals surface area contributed by atoms with E-state index in [0.29, 0.717) is 12.0 Å². The van der Waals surface area contributed by atoms with Crippen molar-refractivity contribution < 1.29 is 0 Å². The molecule has 1 aromatic rings. The molecule has 1 aromatic heterocycles. The monoisotopic (exact) mass is 248 g/mol. The molecule has 2 N–H and O–H groups in total. The standard InChI is InChI=1S/C14H24N4/c1-2-4-7-11(8-5-3-1)13-16-14(18-17-13)12-9-6-10-15-12/h11-12,15H,1-10H2,(H,16,17,18). The Kier molecular flexibility index (Phi) is 3.93. The summed E-state index contributed by atoms with van der Waals surface area (Å²) in [7, 11) is 0. The second kappa shape index (κ2) is 5.83. The molecule has 1 atom stereocenters. The van der Waals surface area contributed by atoms with E-state index >= 15 is 0 Å². The van der Waals surface area contributed by atoms with Crippen LogP contribution in [0, 0.1) is 0 Å². The van der Waals surface area contributed by atoms with Crippen molar-refractivity contribution in [2.75, 3.05) is 6.54 Å². The van der Waals surface area contributed by atoms with E-state index in [-0.39, 0.29) is 0 Å². The van der Waals surface area contributed by atoms with Gasteiger partial charge in [-0.1, -0.05) is 32.1 Å². The van der Waals surface area contributed by atoms with Gasteiger partial charge in [0.15, 0.2) is 5.82 Å². The Bertz CT molecular complexity index is 360. The molecular formula is C14H24N4. The number of hydrogen-bond donors (Lipinski definition) is 2. The maximum absolute atomic E-state index is 4.76. The second-order valence-electron chi connectivity index (χ2n) is 5.77. The zero-order chi connectivity index (χ0) is 12.2. The molecule has 0 spiro atoms. The average molecular weight is 248 g/mol. The first kappa shape index (κ1) is 12.2. The van der Waals surface area contributed by atoms with Crippen LogP contribution in [0.15, 0.2) is 0 Å². The Hall–Kier alpha value is -0.900. The van der Waals surface area contributed by atoms with Crippen molar-refractivity contribution in [3.63, 3.8) is 0 Å². The van der Waals surface area contributed by atoms with Gasteiger partial charge in [0, 0.05) is 5.92 Å². The van der Waals surface area contributed by atoms with E-state index in [1.54, 1.807) is 0 Å². The van der Waals surface area contributed by atoms with Crippen molar-refractivity contribution in [1.82, 2.24) is 20.5 Å². The number of nitrogens with zero attached hydrogens (tertiary/aromatic N) is 2. The Balaban J connectivity index is 1.66. The number of rotatable bonds is 2. The molecule has 18 heavy (non-hydrogen) atoms. The molecular weight excluding hydrogens is 224 g/mol. The number of hydrogen-bond acceptors (Lipinski definition) is 3. The first-order chi connectivity index (χ1) is 8.93. The summed E-state index contributed by atoms with van der Waals surface area (Å²) < 4.78 is 0. The molecule has 100 valence electrons. The maximum atomic E-state index is 4.76. The van der Waals surface area contributed by atoms with Gasteiger partial charge in [0.2, 0.25) is 0 Å². The van der Waals surface area contributed by atoms with Crippen LogP contribution in [-0.4, -0.2) is 21.7 Å². The number of aromatic nitrogens is 3.